The van der Waals surface area contributed by atoms with Crippen molar-refractivity contribution in [2.24, 2.45) is 0 Å². The lowest BCUT2D eigenvalue weighted by molar-refractivity contribution is 0.0694. The number of pyridine rings is 1. The summed E-state index contributed by atoms with van der Waals surface area (Å²) in [4.78, 5) is 27.9. The van der Waals surface area contributed by atoms with Gasteiger partial charge in [-0.3, -0.25) is 4.98 Å². The summed E-state index contributed by atoms with van der Waals surface area (Å²) < 4.78 is 10.4. The highest BCUT2D eigenvalue weighted by molar-refractivity contribution is 5.96. The van der Waals surface area contributed by atoms with Crippen LogP contribution in [0.25, 0.3) is 11.3 Å². The predicted molar refractivity (Wildman–Crippen MR) is 108 cm³/mol. The highest BCUT2D eigenvalue weighted by atomic mass is 35.5. The van der Waals surface area contributed by atoms with Gasteiger partial charge in [0.25, 0.3) is 0 Å². The van der Waals surface area contributed by atoms with E-state index in [2.05, 4.69) is 20.8 Å². The van der Waals surface area contributed by atoms with Gasteiger partial charge in [0.2, 0.25) is 0 Å². The molecule has 0 radical (unpaired) electrons. The minimum atomic E-state index is -1.21. The fourth-order valence-corrected chi connectivity index (χ4v) is 2.62. The van der Waals surface area contributed by atoms with Crippen molar-refractivity contribution in [1.82, 2.24) is 15.5 Å². The maximum absolute atomic E-state index is 12.2. The van der Waals surface area contributed by atoms with E-state index >= 15 is 0 Å². The number of aromatic nitrogens is 2. The zero-order valence-corrected chi connectivity index (χ0v) is 16.4. The summed E-state index contributed by atoms with van der Waals surface area (Å²) in [7, 11) is 1.54. The largest absolute Gasteiger partial charge is 0.497 e. The average Bonchev–Trinajstić information content (AvgIpc) is 3.14. The molecule has 29 heavy (non-hydrogen) atoms. The van der Waals surface area contributed by atoms with Crippen molar-refractivity contribution >= 4 is 30.1 Å². The fourth-order valence-electron chi connectivity index (χ4n) is 2.62. The van der Waals surface area contributed by atoms with Crippen molar-refractivity contribution in [3.63, 3.8) is 0 Å². The van der Waals surface area contributed by atoms with E-state index in [1.807, 2.05) is 0 Å². The molecule has 152 valence electrons. The summed E-state index contributed by atoms with van der Waals surface area (Å²) in [5.74, 6) is -0.533. The first kappa shape index (κ1) is 21.7. The van der Waals surface area contributed by atoms with Gasteiger partial charge in [-0.2, -0.15) is 0 Å². The number of carboxylic acid groups (broad SMARTS) is 1. The number of amides is 2. The smallest absolute Gasteiger partial charge is 0.341 e. The van der Waals surface area contributed by atoms with E-state index in [1.54, 1.807) is 49.5 Å². The highest BCUT2D eigenvalue weighted by Gasteiger charge is 2.28. The number of urea groups is 1. The molecule has 0 aliphatic heterocycles. The number of anilines is 1. The van der Waals surface area contributed by atoms with Crippen molar-refractivity contribution in [3.8, 4) is 17.0 Å². The molecule has 0 aliphatic rings. The molecule has 2 aromatic heterocycles. The molecule has 9 nitrogen and oxygen atoms in total. The maximum Gasteiger partial charge on any atom is 0.341 e. The Kier molecular flexibility index (Phi) is 7.15. The van der Waals surface area contributed by atoms with E-state index in [1.165, 1.54) is 13.3 Å². The molecule has 1 aromatic carbocycles. The van der Waals surface area contributed by atoms with Crippen LogP contribution in [0.3, 0.4) is 0 Å². The Morgan fingerprint density at radius 2 is 1.93 bits per heavy atom. The van der Waals surface area contributed by atoms with E-state index in [4.69, 9.17) is 9.26 Å². The third-order valence-corrected chi connectivity index (χ3v) is 3.96. The number of hydrogen-bond donors (Lipinski definition) is 3. The van der Waals surface area contributed by atoms with Crippen LogP contribution in [-0.2, 0) is 0 Å². The molecule has 2 heterocycles. The molecule has 3 rings (SSSR count). The second-order valence-electron chi connectivity index (χ2n) is 5.87. The number of halogens is 1. The first-order chi connectivity index (χ1) is 13.5. The Labute approximate surface area is 172 Å². The van der Waals surface area contributed by atoms with Crippen molar-refractivity contribution in [2.45, 2.75) is 13.0 Å². The van der Waals surface area contributed by atoms with Crippen LogP contribution < -0.4 is 15.4 Å². The normalized spacial score (nSPS) is 11.1. The van der Waals surface area contributed by atoms with Gasteiger partial charge in [0.15, 0.2) is 5.76 Å². The van der Waals surface area contributed by atoms with Crippen molar-refractivity contribution in [2.75, 3.05) is 12.4 Å². The summed E-state index contributed by atoms with van der Waals surface area (Å²) in [6.45, 7) is 1.60. The van der Waals surface area contributed by atoms with Gasteiger partial charge in [0.1, 0.15) is 17.0 Å². The number of ether oxygens (including phenoxy) is 1. The van der Waals surface area contributed by atoms with Crippen LogP contribution in [0.15, 0.2) is 53.3 Å². The van der Waals surface area contributed by atoms with Gasteiger partial charge in [-0.1, -0.05) is 5.16 Å². The Hall–Kier alpha value is -3.59. The number of rotatable bonds is 6. The van der Waals surface area contributed by atoms with Gasteiger partial charge < -0.3 is 25.0 Å². The van der Waals surface area contributed by atoms with Gasteiger partial charge in [-0.25, -0.2) is 9.59 Å². The molecule has 10 heteroatoms. The van der Waals surface area contributed by atoms with Gasteiger partial charge in [-0.05, 0) is 43.3 Å². The van der Waals surface area contributed by atoms with E-state index in [0.717, 1.165) is 0 Å². The number of hydrogen-bond acceptors (Lipinski definition) is 6. The number of nitrogens with zero attached hydrogens (tertiary/aromatic N) is 2. The van der Waals surface area contributed by atoms with Crippen LogP contribution in [0.5, 0.6) is 5.75 Å². The molecule has 3 aromatic rings. The van der Waals surface area contributed by atoms with Crippen LogP contribution in [0.4, 0.5) is 10.5 Å². The van der Waals surface area contributed by atoms with Gasteiger partial charge in [0, 0.05) is 11.8 Å². The first-order valence-corrected chi connectivity index (χ1v) is 8.34. The second kappa shape index (κ2) is 9.56. The molecule has 0 unspecified atom stereocenters. The first-order valence-electron chi connectivity index (χ1n) is 8.34. The van der Waals surface area contributed by atoms with Crippen molar-refractivity contribution < 1.29 is 24.0 Å². The maximum atomic E-state index is 12.2. The summed E-state index contributed by atoms with van der Waals surface area (Å²) in [6.07, 6.45) is 3.07. The Bertz CT molecular complexity index is 976. The minimum Gasteiger partial charge on any atom is -0.497 e. The average molecular weight is 419 g/mol. The van der Waals surface area contributed by atoms with Gasteiger partial charge in [0.05, 0.1) is 25.0 Å². The number of benzene rings is 1. The fraction of sp³-hybridized carbons (Fsp3) is 0.158. The van der Waals surface area contributed by atoms with E-state index in [0.29, 0.717) is 17.0 Å². The lowest BCUT2D eigenvalue weighted by Gasteiger charge is -2.12. The Balaban J connectivity index is 0.00000300. The van der Waals surface area contributed by atoms with Crippen LogP contribution in [0.1, 0.15) is 29.1 Å². The van der Waals surface area contributed by atoms with E-state index in [-0.39, 0.29) is 29.4 Å². The minimum absolute atomic E-state index is 0. The quantitative estimate of drug-likeness (QED) is 0.556. The summed E-state index contributed by atoms with van der Waals surface area (Å²) in [5.41, 5.74) is 1.12. The molecule has 1 atom stereocenters. The molecule has 0 saturated carbocycles. The molecule has 0 saturated heterocycles. The number of aromatic carboxylic acids is 1. The van der Waals surface area contributed by atoms with Crippen molar-refractivity contribution in [3.05, 3.63) is 60.1 Å². The molecule has 0 aliphatic carbocycles. The Morgan fingerprint density at radius 3 is 2.52 bits per heavy atom. The number of nitrogens with one attached hydrogen (secondary N) is 2. The summed E-state index contributed by atoms with van der Waals surface area (Å²) in [6, 6.07) is 8.84. The number of carbonyl (C=O) groups excluding carboxylic acids is 1. The van der Waals surface area contributed by atoms with E-state index in [9.17, 15) is 14.7 Å². The van der Waals surface area contributed by atoms with Crippen LogP contribution >= 0.6 is 12.4 Å². The number of carbonyl (C=O) groups is 2. The van der Waals surface area contributed by atoms with Gasteiger partial charge in [-0.15, -0.1) is 12.4 Å². The van der Waals surface area contributed by atoms with E-state index < -0.39 is 18.0 Å². The lowest BCUT2D eigenvalue weighted by Crippen LogP contribution is -2.31. The van der Waals surface area contributed by atoms with Gasteiger partial charge >= 0.3 is 12.0 Å². The molecule has 0 fully saturated rings. The molecule has 0 bridgehead atoms. The summed E-state index contributed by atoms with van der Waals surface area (Å²) in [5, 5.41) is 18.8. The van der Waals surface area contributed by atoms with Crippen LogP contribution in [-0.4, -0.2) is 34.4 Å². The van der Waals surface area contributed by atoms with Crippen LogP contribution in [0, 0.1) is 0 Å². The second-order valence-corrected chi connectivity index (χ2v) is 5.87. The molecule has 3 N–H and O–H groups in total. The Morgan fingerprint density at radius 1 is 1.21 bits per heavy atom. The zero-order valence-electron chi connectivity index (χ0n) is 15.6. The monoisotopic (exact) mass is 418 g/mol. The number of methoxy groups -OCH3 is 1. The SMILES string of the molecule is COc1ccc(-c2noc([C@@H](C)NC(=O)Nc3cccnc3)c2C(=O)O)cc1.Cl. The standard InChI is InChI=1S/C19H18N4O5.ClH/c1-11(21-19(26)22-13-4-3-9-20-10-13)17-15(18(24)25)16(23-28-17)12-5-7-14(27-2)8-6-12;/h3-11H,1-2H3,(H,24,25)(H2,21,22,26);1H/t11-;/m1./s1. The molecular formula is C19H19ClN4O5. The molecule has 0 spiro atoms. The number of carboxylic acids is 1. The third-order valence-electron chi connectivity index (χ3n) is 3.96. The molecule has 2 amide bonds. The molecular weight excluding hydrogens is 400 g/mol. The zero-order chi connectivity index (χ0) is 20.1. The topological polar surface area (TPSA) is 127 Å². The van der Waals surface area contributed by atoms with Crippen molar-refractivity contribution in [1.29, 1.82) is 0 Å². The summed E-state index contributed by atoms with van der Waals surface area (Å²) >= 11 is 0. The lowest BCUT2D eigenvalue weighted by atomic mass is 10.0. The highest BCUT2D eigenvalue weighted by Crippen LogP contribution is 2.30. The predicted octanol–water partition coefficient (Wildman–Crippen LogP) is 3.75. The van der Waals surface area contributed by atoms with Crippen LogP contribution in [0.2, 0.25) is 0 Å². The third kappa shape index (κ3) is 5.02.